The molecule has 0 radical (unpaired) electrons. The van der Waals surface area contributed by atoms with Gasteiger partial charge in [-0.15, -0.1) is 0 Å². The SMILES string of the molecule is CCCc1cc(C(O)(C(F)(F)F)C(F)(F)F)ccc1Oc1ccc(C(=O)CN2CNC(C)(c3ccc(OC(C)C)cn3)C2)c(C)c1. The molecule has 3 aromatic rings. The number of aromatic nitrogens is 1. The molecule has 1 unspecified atom stereocenters. The smallest absolute Gasteiger partial charge is 0.430 e. The second-order valence-corrected chi connectivity index (χ2v) is 12.0. The molecule has 46 heavy (non-hydrogen) atoms. The molecular weight excluding hydrogens is 616 g/mol. The number of benzene rings is 2. The van der Waals surface area contributed by atoms with Crippen LogP contribution in [0.15, 0.2) is 54.7 Å². The predicted molar refractivity (Wildman–Crippen MR) is 159 cm³/mol. The molecule has 1 aromatic heterocycles. The highest BCUT2D eigenvalue weighted by molar-refractivity contribution is 5.99. The van der Waals surface area contributed by atoms with E-state index in [1.807, 2.05) is 37.8 Å². The lowest BCUT2D eigenvalue weighted by atomic mass is 9.90. The Hall–Kier alpha value is -3.68. The van der Waals surface area contributed by atoms with E-state index in [0.717, 1.165) is 11.8 Å². The zero-order valence-electron chi connectivity index (χ0n) is 26.1. The highest BCUT2D eigenvalue weighted by atomic mass is 19.4. The normalized spacial score (nSPS) is 17.8. The van der Waals surface area contributed by atoms with Gasteiger partial charge in [-0.1, -0.05) is 19.4 Å². The molecule has 250 valence electrons. The van der Waals surface area contributed by atoms with Crippen molar-refractivity contribution >= 4 is 5.78 Å². The van der Waals surface area contributed by atoms with Crippen molar-refractivity contribution in [3.05, 3.63) is 82.7 Å². The van der Waals surface area contributed by atoms with Crippen LogP contribution < -0.4 is 14.8 Å². The molecule has 2 heterocycles. The summed E-state index contributed by atoms with van der Waals surface area (Å²) in [6.45, 7) is 10.4. The van der Waals surface area contributed by atoms with E-state index < -0.39 is 29.1 Å². The van der Waals surface area contributed by atoms with Crippen molar-refractivity contribution in [1.29, 1.82) is 0 Å². The standard InChI is InChI=1S/C33H37F6N3O4/c1-6-7-22-15-23(31(44,32(34,35)36)33(37,38)39)8-12-28(22)46-24-9-11-26(21(4)14-24)27(43)17-42-18-30(5,41-19-42)29-13-10-25(16-40-29)45-20(2)3/h8-16,20,41,44H,6-7,17-19H2,1-5H3. The summed E-state index contributed by atoms with van der Waals surface area (Å²) in [7, 11) is 0. The van der Waals surface area contributed by atoms with Gasteiger partial charge < -0.3 is 14.6 Å². The Kier molecular flexibility index (Phi) is 10.1. The van der Waals surface area contributed by atoms with Crippen LogP contribution in [0, 0.1) is 6.92 Å². The average molecular weight is 654 g/mol. The first-order chi connectivity index (χ1) is 21.4. The van der Waals surface area contributed by atoms with E-state index >= 15 is 0 Å². The van der Waals surface area contributed by atoms with E-state index in [2.05, 4.69) is 10.3 Å². The summed E-state index contributed by atoms with van der Waals surface area (Å²) in [4.78, 5) is 19.8. The highest BCUT2D eigenvalue weighted by Crippen LogP contribution is 2.50. The number of rotatable bonds is 11. The maximum Gasteiger partial charge on any atom is 0.430 e. The average Bonchev–Trinajstić information content (AvgIpc) is 3.33. The number of hydrogen-bond acceptors (Lipinski definition) is 7. The molecule has 0 bridgehead atoms. The first-order valence-electron chi connectivity index (χ1n) is 14.8. The van der Waals surface area contributed by atoms with Crippen molar-refractivity contribution in [1.82, 2.24) is 15.2 Å². The summed E-state index contributed by atoms with van der Waals surface area (Å²) in [6.07, 6.45) is -9.80. The van der Waals surface area contributed by atoms with Crippen LogP contribution in [0.4, 0.5) is 26.3 Å². The second-order valence-electron chi connectivity index (χ2n) is 12.0. The third-order valence-corrected chi connectivity index (χ3v) is 7.82. The number of aliphatic hydroxyl groups is 1. The molecule has 0 saturated carbocycles. The van der Waals surface area contributed by atoms with Crippen LogP contribution in [-0.4, -0.2) is 59.0 Å². The number of alkyl halides is 6. The Bertz CT molecular complexity index is 1530. The van der Waals surface area contributed by atoms with Gasteiger partial charge in [0.2, 0.25) is 0 Å². The second kappa shape index (κ2) is 13.2. The number of nitrogens with one attached hydrogen (secondary N) is 1. The Balaban J connectivity index is 1.47. The molecule has 0 spiro atoms. The van der Waals surface area contributed by atoms with Crippen molar-refractivity contribution in [3.63, 3.8) is 0 Å². The largest absolute Gasteiger partial charge is 0.489 e. The number of halogens is 6. The Morgan fingerprint density at radius 3 is 2.28 bits per heavy atom. The minimum atomic E-state index is -5.99. The third-order valence-electron chi connectivity index (χ3n) is 7.82. The van der Waals surface area contributed by atoms with Crippen LogP contribution in [0.1, 0.15) is 66.9 Å². The van der Waals surface area contributed by atoms with Crippen LogP contribution in [0.5, 0.6) is 17.2 Å². The molecule has 13 heteroatoms. The van der Waals surface area contributed by atoms with E-state index in [4.69, 9.17) is 9.47 Å². The van der Waals surface area contributed by atoms with Gasteiger partial charge >= 0.3 is 12.4 Å². The fourth-order valence-electron chi connectivity index (χ4n) is 5.46. The molecule has 0 amide bonds. The fraction of sp³-hybridized carbons (Fsp3) is 0.455. The number of carbonyl (C=O) groups is 1. The number of hydrogen-bond donors (Lipinski definition) is 2. The zero-order chi connectivity index (χ0) is 34.1. The van der Waals surface area contributed by atoms with Gasteiger partial charge in [0.25, 0.3) is 5.60 Å². The maximum atomic E-state index is 13.4. The first kappa shape index (κ1) is 35.2. The summed E-state index contributed by atoms with van der Waals surface area (Å²) in [5, 5.41) is 13.3. The van der Waals surface area contributed by atoms with Gasteiger partial charge in [0.15, 0.2) is 5.78 Å². The highest BCUT2D eigenvalue weighted by Gasteiger charge is 2.71. The quantitative estimate of drug-likeness (QED) is 0.167. The summed E-state index contributed by atoms with van der Waals surface area (Å²) in [5.41, 5.74) is -4.97. The Morgan fingerprint density at radius 2 is 1.72 bits per heavy atom. The van der Waals surface area contributed by atoms with E-state index in [1.54, 1.807) is 32.2 Å². The monoisotopic (exact) mass is 653 g/mol. The van der Waals surface area contributed by atoms with Crippen molar-refractivity contribution in [2.75, 3.05) is 19.8 Å². The lowest BCUT2D eigenvalue weighted by molar-refractivity contribution is -0.376. The summed E-state index contributed by atoms with van der Waals surface area (Å²) < 4.78 is 92.2. The molecule has 1 atom stereocenters. The Labute approximate surface area is 263 Å². The van der Waals surface area contributed by atoms with Crippen LogP contribution in [-0.2, 0) is 17.6 Å². The van der Waals surface area contributed by atoms with Crippen molar-refractivity contribution < 1.29 is 45.7 Å². The van der Waals surface area contributed by atoms with Gasteiger partial charge in [-0.2, -0.15) is 26.3 Å². The van der Waals surface area contributed by atoms with E-state index in [0.29, 0.717) is 48.6 Å². The minimum Gasteiger partial charge on any atom is -0.489 e. The van der Waals surface area contributed by atoms with Crippen molar-refractivity contribution in [2.45, 2.75) is 77.1 Å². The molecule has 2 aromatic carbocycles. The predicted octanol–water partition coefficient (Wildman–Crippen LogP) is 7.20. The van der Waals surface area contributed by atoms with Gasteiger partial charge in [-0.25, -0.2) is 0 Å². The van der Waals surface area contributed by atoms with Crippen LogP contribution >= 0.6 is 0 Å². The number of pyridine rings is 1. The summed E-state index contributed by atoms with van der Waals surface area (Å²) in [5.74, 6) is 0.811. The summed E-state index contributed by atoms with van der Waals surface area (Å²) in [6, 6.07) is 10.6. The summed E-state index contributed by atoms with van der Waals surface area (Å²) >= 11 is 0. The van der Waals surface area contributed by atoms with E-state index in [9.17, 15) is 36.2 Å². The molecule has 7 nitrogen and oxygen atoms in total. The van der Waals surface area contributed by atoms with E-state index in [1.165, 1.54) is 6.07 Å². The van der Waals surface area contributed by atoms with Gasteiger partial charge in [0.1, 0.15) is 17.2 Å². The van der Waals surface area contributed by atoms with Gasteiger partial charge in [0, 0.05) is 24.3 Å². The van der Waals surface area contributed by atoms with Crippen LogP contribution in [0.25, 0.3) is 0 Å². The number of Topliss-reactive ketones (excluding diaryl/α,β-unsaturated/α-hetero) is 1. The number of carbonyl (C=O) groups excluding carboxylic acids is 1. The zero-order valence-corrected chi connectivity index (χ0v) is 26.1. The van der Waals surface area contributed by atoms with E-state index in [-0.39, 0.29) is 41.9 Å². The molecule has 2 N–H and O–H groups in total. The Morgan fingerprint density at radius 1 is 1.04 bits per heavy atom. The molecule has 1 aliphatic rings. The van der Waals surface area contributed by atoms with Gasteiger partial charge in [0.05, 0.1) is 30.1 Å². The molecule has 0 aliphatic carbocycles. The third kappa shape index (κ3) is 7.31. The lowest BCUT2D eigenvalue weighted by Gasteiger charge is -2.33. The molecule has 1 aliphatic heterocycles. The molecule has 1 fully saturated rings. The number of ketones is 1. The number of ether oxygens (including phenoxy) is 2. The van der Waals surface area contributed by atoms with Crippen LogP contribution in [0.3, 0.4) is 0 Å². The van der Waals surface area contributed by atoms with Crippen LogP contribution in [0.2, 0.25) is 0 Å². The topological polar surface area (TPSA) is 83.9 Å². The molecule has 1 saturated heterocycles. The van der Waals surface area contributed by atoms with Gasteiger partial charge in [-0.3, -0.25) is 20.0 Å². The lowest BCUT2D eigenvalue weighted by Crippen LogP contribution is -2.53. The fourth-order valence-corrected chi connectivity index (χ4v) is 5.46. The molecular formula is C33H37F6N3O4. The van der Waals surface area contributed by atoms with Gasteiger partial charge in [-0.05, 0) is 87.7 Å². The molecule has 4 rings (SSSR count). The van der Waals surface area contributed by atoms with Crippen molar-refractivity contribution in [3.8, 4) is 17.2 Å². The van der Waals surface area contributed by atoms with Crippen molar-refractivity contribution in [2.24, 2.45) is 0 Å². The first-order valence-corrected chi connectivity index (χ1v) is 14.8. The minimum absolute atomic E-state index is 0.0275. The number of nitrogens with zero attached hydrogens (tertiary/aromatic N) is 2. The maximum absolute atomic E-state index is 13.4. The number of aryl methyl sites for hydroxylation is 2.